The Morgan fingerprint density at radius 3 is 2.46 bits per heavy atom. The first kappa shape index (κ1) is 18.3. The van der Waals surface area contributed by atoms with Crippen molar-refractivity contribution in [1.29, 1.82) is 0 Å². The quantitative estimate of drug-likeness (QED) is 0.734. The van der Waals surface area contributed by atoms with Gasteiger partial charge < -0.3 is 9.47 Å². The molecule has 2 heterocycles. The van der Waals surface area contributed by atoms with Gasteiger partial charge in [-0.2, -0.15) is 0 Å². The highest BCUT2D eigenvalue weighted by Gasteiger charge is 2.27. The Balaban J connectivity index is 1.73. The van der Waals surface area contributed by atoms with Crippen LogP contribution in [0.15, 0.2) is 34.3 Å². The number of ether oxygens (including phenoxy) is 2. The van der Waals surface area contributed by atoms with Crippen LogP contribution in [0.1, 0.15) is 57.1 Å². The van der Waals surface area contributed by atoms with Crippen molar-refractivity contribution in [3.8, 4) is 0 Å². The van der Waals surface area contributed by atoms with E-state index in [0.29, 0.717) is 19.4 Å². The lowest BCUT2D eigenvalue weighted by Crippen LogP contribution is -2.18. The van der Waals surface area contributed by atoms with Crippen LogP contribution in [-0.2, 0) is 19.1 Å². The number of hydrogen-bond donors (Lipinski definition) is 0. The first-order chi connectivity index (χ1) is 12.6. The van der Waals surface area contributed by atoms with Gasteiger partial charge in [-0.25, -0.2) is 9.79 Å². The minimum absolute atomic E-state index is 0.223. The van der Waals surface area contributed by atoms with Crippen molar-refractivity contribution >= 4 is 23.4 Å². The molecule has 0 unspecified atom stereocenters. The molecule has 6 nitrogen and oxygen atoms in total. The number of esters is 2. The summed E-state index contributed by atoms with van der Waals surface area (Å²) in [5.41, 5.74) is 3.89. The zero-order valence-corrected chi connectivity index (χ0v) is 15.2. The standard InChI is InChI=1S/C20H24N2O4/c1-3-19(23)26-18-11-10-16(22-18)14-7-5-6-13(12-14)15-8-9-17(21-15)20(24)25-4-2/h5-7,12,17-18H,3-4,8-11H2,1-2H3/t17-,18+/m0/s1. The monoisotopic (exact) mass is 356 g/mol. The van der Waals surface area contributed by atoms with Crippen LogP contribution in [-0.4, -0.2) is 42.2 Å². The molecule has 3 rings (SSSR count). The number of carbonyl (C=O) groups excluding carboxylic acids is 2. The van der Waals surface area contributed by atoms with Crippen molar-refractivity contribution in [3.05, 3.63) is 35.4 Å². The van der Waals surface area contributed by atoms with Gasteiger partial charge in [-0.15, -0.1) is 0 Å². The van der Waals surface area contributed by atoms with E-state index >= 15 is 0 Å². The summed E-state index contributed by atoms with van der Waals surface area (Å²) in [6.45, 7) is 3.95. The maximum Gasteiger partial charge on any atom is 0.330 e. The Labute approximate surface area is 153 Å². The maximum absolute atomic E-state index is 11.9. The van der Waals surface area contributed by atoms with E-state index in [2.05, 4.69) is 16.1 Å². The van der Waals surface area contributed by atoms with Crippen LogP contribution in [0.25, 0.3) is 0 Å². The number of benzene rings is 1. The fraction of sp³-hybridized carbons (Fsp3) is 0.500. The average Bonchev–Trinajstić information content (AvgIpc) is 3.32. The van der Waals surface area contributed by atoms with Gasteiger partial charge in [0, 0.05) is 24.3 Å². The third-order valence-corrected chi connectivity index (χ3v) is 4.54. The molecule has 0 spiro atoms. The maximum atomic E-state index is 11.9. The van der Waals surface area contributed by atoms with E-state index in [-0.39, 0.29) is 18.2 Å². The predicted molar refractivity (Wildman–Crippen MR) is 98.6 cm³/mol. The molecular formula is C20H24N2O4. The predicted octanol–water partition coefficient (Wildman–Crippen LogP) is 3.06. The smallest absolute Gasteiger partial charge is 0.330 e. The van der Waals surface area contributed by atoms with Gasteiger partial charge in [0.1, 0.15) is 6.04 Å². The summed E-state index contributed by atoms with van der Waals surface area (Å²) in [7, 11) is 0. The fourth-order valence-electron chi connectivity index (χ4n) is 3.20. The van der Waals surface area contributed by atoms with Crippen LogP contribution in [0.2, 0.25) is 0 Å². The molecule has 0 bridgehead atoms. The van der Waals surface area contributed by atoms with E-state index in [1.54, 1.807) is 13.8 Å². The van der Waals surface area contributed by atoms with E-state index in [9.17, 15) is 9.59 Å². The van der Waals surface area contributed by atoms with E-state index in [1.807, 2.05) is 18.2 Å². The van der Waals surface area contributed by atoms with Crippen molar-refractivity contribution in [1.82, 2.24) is 0 Å². The molecule has 6 heteroatoms. The number of aliphatic imine (C=N–C) groups is 2. The van der Waals surface area contributed by atoms with Gasteiger partial charge in [0.05, 0.1) is 6.61 Å². The molecule has 0 N–H and O–H groups in total. The highest BCUT2D eigenvalue weighted by Crippen LogP contribution is 2.24. The summed E-state index contributed by atoms with van der Waals surface area (Å²) in [4.78, 5) is 32.4. The highest BCUT2D eigenvalue weighted by atomic mass is 16.6. The average molecular weight is 356 g/mol. The zero-order valence-electron chi connectivity index (χ0n) is 15.2. The van der Waals surface area contributed by atoms with Crippen LogP contribution in [0.5, 0.6) is 0 Å². The number of hydrogen-bond acceptors (Lipinski definition) is 6. The normalized spacial score (nSPS) is 21.9. The molecule has 0 saturated carbocycles. The second-order valence-electron chi connectivity index (χ2n) is 6.38. The summed E-state index contributed by atoms with van der Waals surface area (Å²) in [5.74, 6) is -0.474. The molecule has 2 aliphatic rings. The number of rotatable bonds is 6. The van der Waals surface area contributed by atoms with Crippen LogP contribution in [0.4, 0.5) is 0 Å². The van der Waals surface area contributed by atoms with E-state index in [0.717, 1.165) is 41.8 Å². The lowest BCUT2D eigenvalue weighted by molar-refractivity contribution is -0.148. The summed E-state index contributed by atoms with van der Waals surface area (Å²) < 4.78 is 10.4. The van der Waals surface area contributed by atoms with Gasteiger partial charge in [-0.1, -0.05) is 25.1 Å². The Morgan fingerprint density at radius 1 is 1.08 bits per heavy atom. The van der Waals surface area contributed by atoms with Crippen molar-refractivity contribution in [2.24, 2.45) is 9.98 Å². The topological polar surface area (TPSA) is 77.3 Å². The molecular weight excluding hydrogens is 332 g/mol. The number of carbonyl (C=O) groups is 2. The van der Waals surface area contributed by atoms with Crippen molar-refractivity contribution in [2.75, 3.05) is 6.61 Å². The van der Waals surface area contributed by atoms with E-state index < -0.39 is 6.04 Å². The van der Waals surface area contributed by atoms with Gasteiger partial charge in [0.15, 0.2) is 6.23 Å². The first-order valence-electron chi connectivity index (χ1n) is 9.21. The largest absolute Gasteiger partial charge is 0.464 e. The molecule has 1 aromatic carbocycles. The summed E-state index contributed by atoms with van der Waals surface area (Å²) in [6.07, 6.45) is 2.93. The van der Waals surface area contributed by atoms with E-state index in [1.165, 1.54) is 0 Å². The molecule has 0 saturated heterocycles. The van der Waals surface area contributed by atoms with Crippen LogP contribution < -0.4 is 0 Å². The molecule has 26 heavy (non-hydrogen) atoms. The van der Waals surface area contributed by atoms with Crippen molar-refractivity contribution in [2.45, 2.75) is 58.2 Å². The molecule has 0 radical (unpaired) electrons. The third kappa shape index (κ3) is 4.18. The second kappa shape index (κ2) is 8.25. The highest BCUT2D eigenvalue weighted by molar-refractivity contribution is 6.07. The molecule has 2 atom stereocenters. The lowest BCUT2D eigenvalue weighted by atomic mass is 10.0. The molecule has 0 aromatic heterocycles. The molecule has 2 aliphatic heterocycles. The fourth-order valence-corrected chi connectivity index (χ4v) is 3.20. The van der Waals surface area contributed by atoms with Crippen LogP contribution in [0.3, 0.4) is 0 Å². The summed E-state index contributed by atoms with van der Waals surface area (Å²) in [5, 5.41) is 0. The van der Waals surface area contributed by atoms with E-state index in [4.69, 9.17) is 9.47 Å². The van der Waals surface area contributed by atoms with Gasteiger partial charge in [0.25, 0.3) is 0 Å². The molecule has 0 fully saturated rings. The zero-order chi connectivity index (χ0) is 18.5. The molecule has 1 aromatic rings. The van der Waals surface area contributed by atoms with Gasteiger partial charge in [-0.3, -0.25) is 9.79 Å². The minimum Gasteiger partial charge on any atom is -0.464 e. The van der Waals surface area contributed by atoms with Crippen LogP contribution in [0, 0.1) is 0 Å². The lowest BCUT2D eigenvalue weighted by Gasteiger charge is -2.07. The van der Waals surface area contributed by atoms with Gasteiger partial charge in [-0.05, 0) is 43.4 Å². The SMILES string of the molecule is CCOC(=O)[C@@H]1CCC(c2cccc(C3=N[C@H](OC(=O)CC)CC3)c2)=N1. The Hall–Kier alpha value is -2.50. The molecule has 138 valence electrons. The minimum atomic E-state index is -0.393. The third-order valence-electron chi connectivity index (χ3n) is 4.54. The van der Waals surface area contributed by atoms with Crippen molar-refractivity contribution < 1.29 is 19.1 Å². The van der Waals surface area contributed by atoms with Gasteiger partial charge >= 0.3 is 11.9 Å². The Bertz CT molecular complexity index is 754. The molecule has 0 aliphatic carbocycles. The Morgan fingerprint density at radius 2 is 1.77 bits per heavy atom. The first-order valence-corrected chi connectivity index (χ1v) is 9.21. The van der Waals surface area contributed by atoms with Gasteiger partial charge in [0.2, 0.25) is 0 Å². The Kier molecular flexibility index (Phi) is 5.81. The van der Waals surface area contributed by atoms with Crippen LogP contribution >= 0.6 is 0 Å². The summed E-state index contributed by atoms with van der Waals surface area (Å²) in [6, 6.07) is 7.63. The molecule has 0 amide bonds. The summed E-state index contributed by atoms with van der Waals surface area (Å²) >= 11 is 0. The van der Waals surface area contributed by atoms with Crippen molar-refractivity contribution in [3.63, 3.8) is 0 Å². The number of nitrogens with zero attached hydrogens (tertiary/aromatic N) is 2. The second-order valence-corrected chi connectivity index (χ2v) is 6.38.